The Morgan fingerprint density at radius 1 is 0.969 bits per heavy atom. The molecule has 0 bridgehead atoms. The molecule has 0 spiro atoms. The predicted molar refractivity (Wildman–Crippen MR) is 110 cm³/mol. The van der Waals surface area contributed by atoms with Crippen molar-refractivity contribution in [3.8, 4) is 11.6 Å². The minimum Gasteiger partial charge on any atom is -0.406 e. The predicted octanol–water partition coefficient (Wildman–Crippen LogP) is 3.14. The molecule has 0 atom stereocenters. The largest absolute Gasteiger partial charge is 0.573 e. The number of rotatable bonds is 4. The molecule has 0 saturated carbocycles. The summed E-state index contributed by atoms with van der Waals surface area (Å²) in [6.07, 6.45) is -4.81. The molecule has 0 N–H and O–H groups in total. The molecule has 32 heavy (non-hydrogen) atoms. The van der Waals surface area contributed by atoms with Gasteiger partial charge in [0.05, 0.1) is 5.69 Å². The van der Waals surface area contributed by atoms with E-state index >= 15 is 0 Å². The van der Waals surface area contributed by atoms with Gasteiger partial charge in [0.1, 0.15) is 5.75 Å². The zero-order valence-electron chi connectivity index (χ0n) is 17.5. The molecule has 1 amide bonds. The molecule has 8 nitrogen and oxygen atoms in total. The molecule has 0 aliphatic carbocycles. The first kappa shape index (κ1) is 21.6. The van der Waals surface area contributed by atoms with E-state index in [0.29, 0.717) is 37.8 Å². The molecular formula is C21H21F3N6O2. The van der Waals surface area contributed by atoms with E-state index in [-0.39, 0.29) is 11.5 Å². The van der Waals surface area contributed by atoms with Crippen molar-refractivity contribution in [3.05, 3.63) is 59.4 Å². The normalized spacial score (nSPS) is 14.5. The van der Waals surface area contributed by atoms with E-state index in [2.05, 4.69) is 20.0 Å². The summed E-state index contributed by atoms with van der Waals surface area (Å²) in [6, 6.07) is 10.8. The van der Waals surface area contributed by atoms with Crippen LogP contribution in [0.4, 0.5) is 19.0 Å². The second-order valence-corrected chi connectivity index (χ2v) is 7.44. The molecule has 1 fully saturated rings. The third-order valence-electron chi connectivity index (χ3n) is 5.07. The molecule has 4 rings (SSSR count). The Hall–Kier alpha value is -3.63. The van der Waals surface area contributed by atoms with Gasteiger partial charge in [-0.3, -0.25) is 4.79 Å². The Balaban J connectivity index is 1.38. The zero-order valence-corrected chi connectivity index (χ0v) is 17.5. The number of hydrogen-bond donors (Lipinski definition) is 0. The Bertz CT molecular complexity index is 1110. The van der Waals surface area contributed by atoms with Crippen LogP contribution in [0.15, 0.2) is 42.5 Å². The average Bonchev–Trinajstić information content (AvgIpc) is 3.10. The van der Waals surface area contributed by atoms with Gasteiger partial charge < -0.3 is 14.5 Å². The molecule has 3 aromatic rings. The van der Waals surface area contributed by atoms with E-state index in [1.54, 1.807) is 9.58 Å². The smallest absolute Gasteiger partial charge is 0.406 e. The lowest BCUT2D eigenvalue weighted by atomic mass is 10.1. The van der Waals surface area contributed by atoms with Crippen molar-refractivity contribution in [2.24, 2.45) is 0 Å². The Morgan fingerprint density at radius 2 is 1.66 bits per heavy atom. The number of nitrogens with zero attached hydrogens (tertiary/aromatic N) is 6. The van der Waals surface area contributed by atoms with E-state index in [4.69, 9.17) is 0 Å². The fourth-order valence-corrected chi connectivity index (χ4v) is 3.61. The number of amides is 1. The van der Waals surface area contributed by atoms with E-state index in [1.807, 2.05) is 36.9 Å². The lowest BCUT2D eigenvalue weighted by Gasteiger charge is -2.35. The molecule has 1 aliphatic heterocycles. The van der Waals surface area contributed by atoms with E-state index in [1.165, 1.54) is 12.1 Å². The van der Waals surface area contributed by atoms with E-state index in [0.717, 1.165) is 23.5 Å². The third-order valence-corrected chi connectivity index (χ3v) is 5.07. The molecule has 3 heterocycles. The molecule has 2 aromatic heterocycles. The minimum atomic E-state index is -4.81. The van der Waals surface area contributed by atoms with Crippen LogP contribution in [0.3, 0.4) is 0 Å². The second-order valence-electron chi connectivity index (χ2n) is 7.44. The number of aromatic nitrogens is 4. The summed E-state index contributed by atoms with van der Waals surface area (Å²) < 4.78 is 42.9. The topological polar surface area (TPSA) is 76.4 Å². The van der Waals surface area contributed by atoms with E-state index < -0.39 is 12.1 Å². The Morgan fingerprint density at radius 3 is 2.25 bits per heavy atom. The van der Waals surface area contributed by atoms with Crippen molar-refractivity contribution < 1.29 is 22.7 Å². The molecular weight excluding hydrogens is 425 g/mol. The van der Waals surface area contributed by atoms with Gasteiger partial charge >= 0.3 is 6.36 Å². The molecule has 1 aromatic carbocycles. The third kappa shape index (κ3) is 4.82. The summed E-state index contributed by atoms with van der Waals surface area (Å²) in [5, 5.41) is 12.9. The number of carbonyl (C=O) groups is 1. The van der Waals surface area contributed by atoms with Crippen LogP contribution in [0.2, 0.25) is 0 Å². The summed E-state index contributed by atoms with van der Waals surface area (Å²) in [4.78, 5) is 16.3. The van der Waals surface area contributed by atoms with Crippen LogP contribution in [-0.4, -0.2) is 63.3 Å². The maximum atomic E-state index is 12.7. The Kier molecular flexibility index (Phi) is 5.72. The summed E-state index contributed by atoms with van der Waals surface area (Å²) in [5.74, 6) is 0.542. The molecule has 11 heteroatoms. The monoisotopic (exact) mass is 446 g/mol. The highest BCUT2D eigenvalue weighted by Gasteiger charge is 2.31. The molecule has 0 unspecified atom stereocenters. The number of aryl methyl sites for hydroxylation is 2. The molecule has 1 aliphatic rings. The second kappa shape index (κ2) is 8.48. The van der Waals surface area contributed by atoms with Crippen molar-refractivity contribution in [1.29, 1.82) is 0 Å². The first-order valence-corrected chi connectivity index (χ1v) is 9.97. The summed E-state index contributed by atoms with van der Waals surface area (Å²) in [5.41, 5.74) is 2.00. The number of benzene rings is 1. The summed E-state index contributed by atoms with van der Waals surface area (Å²) in [7, 11) is 0. The minimum absolute atomic E-state index is 0.147. The lowest BCUT2D eigenvalue weighted by molar-refractivity contribution is -0.274. The fourth-order valence-electron chi connectivity index (χ4n) is 3.61. The van der Waals surface area contributed by atoms with Gasteiger partial charge in [-0.2, -0.15) is 5.10 Å². The SMILES string of the molecule is Cc1cc(C)n(-c2ccc(N3CCN(C(=O)c4cccc(OC(F)(F)F)c4)CC3)nn2)n1. The highest BCUT2D eigenvalue weighted by atomic mass is 19.4. The maximum absolute atomic E-state index is 12.7. The van der Waals surface area contributed by atoms with Gasteiger partial charge in [-0.25, -0.2) is 4.68 Å². The van der Waals surface area contributed by atoms with Crippen LogP contribution in [0.5, 0.6) is 5.75 Å². The number of hydrogen-bond acceptors (Lipinski definition) is 6. The van der Waals surface area contributed by atoms with Crippen molar-refractivity contribution in [2.45, 2.75) is 20.2 Å². The van der Waals surface area contributed by atoms with Gasteiger partial charge in [0.25, 0.3) is 5.91 Å². The molecule has 1 saturated heterocycles. The van der Waals surface area contributed by atoms with Crippen molar-refractivity contribution in [1.82, 2.24) is 24.9 Å². The van der Waals surface area contributed by atoms with Gasteiger partial charge in [-0.15, -0.1) is 23.4 Å². The number of alkyl halides is 3. The van der Waals surface area contributed by atoms with Crippen LogP contribution in [0, 0.1) is 13.8 Å². The molecule has 0 radical (unpaired) electrons. The van der Waals surface area contributed by atoms with Gasteiger partial charge in [0.2, 0.25) is 0 Å². The first-order valence-electron chi connectivity index (χ1n) is 9.97. The standard InChI is InChI=1S/C21H21F3N6O2/c1-14-12-15(2)30(27-14)19-7-6-18(25-26-19)28-8-10-29(11-9-28)20(31)16-4-3-5-17(13-16)32-21(22,23)24/h3-7,12-13H,8-11H2,1-2H3. The van der Waals surface area contributed by atoms with Gasteiger partial charge in [0, 0.05) is 37.4 Å². The summed E-state index contributed by atoms with van der Waals surface area (Å²) in [6.45, 7) is 5.72. The number of anilines is 1. The van der Waals surface area contributed by atoms with Gasteiger partial charge in [0.15, 0.2) is 11.6 Å². The number of ether oxygens (including phenoxy) is 1. The highest BCUT2D eigenvalue weighted by Crippen LogP contribution is 2.24. The van der Waals surface area contributed by atoms with Crippen molar-refractivity contribution in [3.63, 3.8) is 0 Å². The fraction of sp³-hybridized carbons (Fsp3) is 0.333. The number of piperazine rings is 1. The highest BCUT2D eigenvalue weighted by molar-refractivity contribution is 5.94. The van der Waals surface area contributed by atoms with Crippen LogP contribution in [-0.2, 0) is 0 Å². The quantitative estimate of drug-likeness (QED) is 0.613. The Labute approximate surface area is 182 Å². The first-order chi connectivity index (χ1) is 15.2. The number of carbonyl (C=O) groups excluding carboxylic acids is 1. The van der Waals surface area contributed by atoms with Gasteiger partial charge in [-0.05, 0) is 50.2 Å². The van der Waals surface area contributed by atoms with Gasteiger partial charge in [-0.1, -0.05) is 6.07 Å². The molecule has 168 valence electrons. The number of halogens is 3. The van der Waals surface area contributed by atoms with Crippen molar-refractivity contribution >= 4 is 11.7 Å². The van der Waals surface area contributed by atoms with Crippen LogP contribution in [0.25, 0.3) is 5.82 Å². The average molecular weight is 446 g/mol. The van der Waals surface area contributed by atoms with Crippen LogP contribution in [0.1, 0.15) is 21.7 Å². The van der Waals surface area contributed by atoms with Crippen LogP contribution < -0.4 is 9.64 Å². The summed E-state index contributed by atoms with van der Waals surface area (Å²) >= 11 is 0. The lowest BCUT2D eigenvalue weighted by Crippen LogP contribution is -2.49. The van der Waals surface area contributed by atoms with E-state index in [9.17, 15) is 18.0 Å². The zero-order chi connectivity index (χ0) is 22.9. The maximum Gasteiger partial charge on any atom is 0.573 e. The van der Waals surface area contributed by atoms with Crippen molar-refractivity contribution in [2.75, 3.05) is 31.1 Å². The van der Waals surface area contributed by atoms with Crippen LogP contribution >= 0.6 is 0 Å².